The standard InChI is InChI=1S/C59H96O5/c1-4-7-10-13-16-19-22-25-28-29-30-33-36-39-42-45-48-51-54-62-55-57(64-59(61)53-50-47-44-41-38-35-32-27-24-21-18-15-12-9-6-3)56-63-58(60)52-49-46-43-40-37-34-31-26-23-20-17-14-11-8-5-2/h7-8,10-11,16-17,19-20,25-28,30-33,37,40,46,49,57H,4-6,9,12-15,18,21-24,29,34-36,38-39,41-45,47-48,50-56H2,1-3H3/b10-7-,11-8-,19-16-,20-17-,28-25-,31-26-,32-27-,33-30-,40-37-,49-46-. The zero-order valence-corrected chi connectivity index (χ0v) is 41.5. The fourth-order valence-electron chi connectivity index (χ4n) is 6.69. The first-order valence-corrected chi connectivity index (χ1v) is 26.1. The van der Waals surface area contributed by atoms with Gasteiger partial charge in [0.2, 0.25) is 0 Å². The molecule has 0 aromatic heterocycles. The largest absolute Gasteiger partial charge is 0.461 e. The quantitative estimate of drug-likeness (QED) is 0.0346. The second kappa shape index (κ2) is 53.6. The second-order valence-corrected chi connectivity index (χ2v) is 16.7. The van der Waals surface area contributed by atoms with Gasteiger partial charge in [0.05, 0.1) is 13.0 Å². The van der Waals surface area contributed by atoms with Crippen LogP contribution in [0.25, 0.3) is 0 Å². The van der Waals surface area contributed by atoms with Gasteiger partial charge in [-0.3, -0.25) is 9.59 Å². The molecule has 0 heterocycles. The summed E-state index contributed by atoms with van der Waals surface area (Å²) in [4.78, 5) is 25.4. The van der Waals surface area contributed by atoms with Crippen LogP contribution in [0.15, 0.2) is 122 Å². The number of carbonyl (C=O) groups excluding carboxylic acids is 2. The lowest BCUT2D eigenvalue weighted by atomic mass is 10.1. The average Bonchev–Trinajstić information content (AvgIpc) is 3.30. The first kappa shape index (κ1) is 60.3. The van der Waals surface area contributed by atoms with Crippen molar-refractivity contribution in [3.63, 3.8) is 0 Å². The van der Waals surface area contributed by atoms with Gasteiger partial charge < -0.3 is 14.2 Å². The topological polar surface area (TPSA) is 61.8 Å². The van der Waals surface area contributed by atoms with Crippen molar-refractivity contribution >= 4 is 11.9 Å². The molecule has 0 bridgehead atoms. The molecule has 0 aromatic carbocycles. The van der Waals surface area contributed by atoms with E-state index in [1.165, 1.54) is 77.0 Å². The van der Waals surface area contributed by atoms with E-state index in [-0.39, 0.29) is 31.6 Å². The van der Waals surface area contributed by atoms with Gasteiger partial charge in [-0.25, -0.2) is 0 Å². The minimum atomic E-state index is -0.598. The maximum Gasteiger partial charge on any atom is 0.309 e. The normalized spacial score (nSPS) is 13.2. The highest BCUT2D eigenvalue weighted by atomic mass is 16.6. The van der Waals surface area contributed by atoms with E-state index in [4.69, 9.17) is 14.2 Å². The molecule has 0 amide bonds. The first-order chi connectivity index (χ1) is 31.6. The fraction of sp³-hybridized carbons (Fsp3) is 0.627. The number of rotatable bonds is 46. The van der Waals surface area contributed by atoms with Gasteiger partial charge in [0.1, 0.15) is 6.61 Å². The van der Waals surface area contributed by atoms with Gasteiger partial charge in [-0.15, -0.1) is 0 Å². The van der Waals surface area contributed by atoms with E-state index in [0.717, 1.165) is 103 Å². The van der Waals surface area contributed by atoms with Crippen molar-refractivity contribution < 1.29 is 23.8 Å². The van der Waals surface area contributed by atoms with Gasteiger partial charge in [0.25, 0.3) is 0 Å². The summed E-state index contributed by atoms with van der Waals surface area (Å²) in [7, 11) is 0. The average molecular weight is 885 g/mol. The fourth-order valence-corrected chi connectivity index (χ4v) is 6.69. The molecular formula is C59H96O5. The predicted octanol–water partition coefficient (Wildman–Crippen LogP) is 17.8. The number of carbonyl (C=O) groups is 2. The Bertz CT molecular complexity index is 1320. The van der Waals surface area contributed by atoms with Crippen LogP contribution in [-0.2, 0) is 23.8 Å². The molecule has 0 rings (SSSR count). The monoisotopic (exact) mass is 885 g/mol. The van der Waals surface area contributed by atoms with E-state index < -0.39 is 6.10 Å². The molecule has 0 radical (unpaired) electrons. The summed E-state index contributed by atoms with van der Waals surface area (Å²) >= 11 is 0. The van der Waals surface area contributed by atoms with Gasteiger partial charge >= 0.3 is 11.9 Å². The number of hydrogen-bond donors (Lipinski definition) is 0. The van der Waals surface area contributed by atoms with Crippen molar-refractivity contribution in [2.75, 3.05) is 19.8 Å². The van der Waals surface area contributed by atoms with Crippen molar-refractivity contribution in [3.05, 3.63) is 122 Å². The van der Waals surface area contributed by atoms with Gasteiger partial charge in [-0.1, -0.05) is 213 Å². The molecule has 0 saturated heterocycles. The van der Waals surface area contributed by atoms with E-state index in [1.807, 2.05) is 12.2 Å². The Kier molecular flexibility index (Phi) is 50.5. The van der Waals surface area contributed by atoms with Crippen molar-refractivity contribution in [1.82, 2.24) is 0 Å². The lowest BCUT2D eigenvalue weighted by molar-refractivity contribution is -0.162. The Labute approximate surface area is 395 Å². The lowest BCUT2D eigenvalue weighted by Gasteiger charge is -2.18. The van der Waals surface area contributed by atoms with Crippen molar-refractivity contribution in [1.29, 1.82) is 0 Å². The second-order valence-electron chi connectivity index (χ2n) is 16.7. The maximum absolute atomic E-state index is 12.8. The lowest BCUT2D eigenvalue weighted by Crippen LogP contribution is -2.30. The van der Waals surface area contributed by atoms with Crippen LogP contribution < -0.4 is 0 Å². The van der Waals surface area contributed by atoms with Gasteiger partial charge in [-0.05, 0) is 109 Å². The smallest absolute Gasteiger partial charge is 0.309 e. The summed E-state index contributed by atoms with van der Waals surface area (Å²) in [6, 6.07) is 0. The molecule has 0 saturated carbocycles. The number of unbranched alkanes of at least 4 members (excludes halogenated alkanes) is 16. The van der Waals surface area contributed by atoms with Crippen molar-refractivity contribution in [3.8, 4) is 0 Å². The van der Waals surface area contributed by atoms with Crippen LogP contribution in [0, 0.1) is 0 Å². The molecule has 5 heteroatoms. The molecule has 0 aliphatic carbocycles. The Morgan fingerprint density at radius 3 is 1.22 bits per heavy atom. The first-order valence-electron chi connectivity index (χ1n) is 26.1. The van der Waals surface area contributed by atoms with E-state index in [2.05, 4.69) is 130 Å². The van der Waals surface area contributed by atoms with Gasteiger partial charge in [-0.2, -0.15) is 0 Å². The number of esters is 2. The molecule has 1 atom stereocenters. The molecule has 0 spiro atoms. The van der Waals surface area contributed by atoms with E-state index >= 15 is 0 Å². The summed E-state index contributed by atoms with van der Waals surface area (Å²) < 4.78 is 17.3. The summed E-state index contributed by atoms with van der Waals surface area (Å²) in [5.41, 5.74) is 0. The number of hydrogen-bond acceptors (Lipinski definition) is 5. The van der Waals surface area contributed by atoms with Crippen LogP contribution in [0.1, 0.15) is 213 Å². The Hall–Kier alpha value is -3.70. The minimum absolute atomic E-state index is 0.0129. The molecule has 5 nitrogen and oxygen atoms in total. The number of allylic oxidation sites excluding steroid dienone is 19. The van der Waals surface area contributed by atoms with Crippen molar-refractivity contribution in [2.45, 2.75) is 219 Å². The summed E-state index contributed by atoms with van der Waals surface area (Å²) in [5.74, 6) is -0.571. The third kappa shape index (κ3) is 50.9. The summed E-state index contributed by atoms with van der Waals surface area (Å²) in [6.07, 6.45) is 75.2. The highest BCUT2D eigenvalue weighted by Gasteiger charge is 2.17. The highest BCUT2D eigenvalue weighted by Crippen LogP contribution is 2.12. The number of ether oxygens (including phenoxy) is 3. The molecule has 362 valence electrons. The Balaban J connectivity index is 4.46. The minimum Gasteiger partial charge on any atom is -0.461 e. The van der Waals surface area contributed by atoms with Gasteiger partial charge in [0, 0.05) is 13.0 Å². The third-order valence-corrected chi connectivity index (χ3v) is 10.5. The van der Waals surface area contributed by atoms with E-state index in [9.17, 15) is 9.59 Å². The SMILES string of the molecule is CC/C=C\C/C=C\C/C=C\C/C=C\C/C=C\CC(=O)OCC(COCCCCCCC/C=C\C/C=C\C/C=C\C/C=C\CC)OC(=O)CCCCCCC/C=C\CCCCCCCC. The molecule has 64 heavy (non-hydrogen) atoms. The van der Waals surface area contributed by atoms with Crippen LogP contribution in [-0.4, -0.2) is 37.9 Å². The molecule has 0 aliphatic heterocycles. The molecule has 0 aromatic rings. The van der Waals surface area contributed by atoms with Crippen LogP contribution in [0.4, 0.5) is 0 Å². The van der Waals surface area contributed by atoms with E-state index in [0.29, 0.717) is 13.0 Å². The molecule has 0 N–H and O–H groups in total. The van der Waals surface area contributed by atoms with Crippen molar-refractivity contribution in [2.24, 2.45) is 0 Å². The predicted molar refractivity (Wildman–Crippen MR) is 279 cm³/mol. The zero-order chi connectivity index (χ0) is 46.3. The molecule has 1 unspecified atom stereocenters. The van der Waals surface area contributed by atoms with Crippen LogP contribution in [0.2, 0.25) is 0 Å². The molecule has 0 aliphatic rings. The Morgan fingerprint density at radius 1 is 0.375 bits per heavy atom. The zero-order valence-electron chi connectivity index (χ0n) is 41.5. The van der Waals surface area contributed by atoms with Gasteiger partial charge in [0.15, 0.2) is 6.10 Å². The summed E-state index contributed by atoms with van der Waals surface area (Å²) in [5, 5.41) is 0. The van der Waals surface area contributed by atoms with Crippen LogP contribution >= 0.6 is 0 Å². The van der Waals surface area contributed by atoms with E-state index in [1.54, 1.807) is 0 Å². The molecular weight excluding hydrogens is 789 g/mol. The Morgan fingerprint density at radius 2 is 0.750 bits per heavy atom. The van der Waals surface area contributed by atoms with Crippen LogP contribution in [0.5, 0.6) is 0 Å². The maximum atomic E-state index is 12.8. The van der Waals surface area contributed by atoms with Crippen LogP contribution in [0.3, 0.4) is 0 Å². The highest BCUT2D eigenvalue weighted by molar-refractivity contribution is 5.71. The third-order valence-electron chi connectivity index (χ3n) is 10.5. The molecule has 0 fully saturated rings. The summed E-state index contributed by atoms with van der Waals surface area (Å²) in [6.45, 7) is 7.43.